The average Bonchev–Trinajstić information content (AvgIpc) is 2.95. The number of likely N-dealkylation sites (N-methyl/N-ethyl adjacent to an activating group) is 1. The molecule has 1 atom stereocenters. The number of aryl methyl sites for hydroxylation is 1. The predicted molar refractivity (Wildman–Crippen MR) is 106 cm³/mol. The Labute approximate surface area is 162 Å². The van der Waals surface area contributed by atoms with Crippen LogP contribution < -0.4 is 5.73 Å². The Balaban J connectivity index is 1.74. The van der Waals surface area contributed by atoms with Crippen LogP contribution in [-0.2, 0) is 4.79 Å². The highest BCUT2D eigenvalue weighted by atomic mass is 16.3. The van der Waals surface area contributed by atoms with Crippen LogP contribution >= 0.6 is 0 Å². The van der Waals surface area contributed by atoms with Gasteiger partial charge in [-0.3, -0.25) is 4.79 Å². The number of nitrogens with zero attached hydrogens (tertiary/aromatic N) is 4. The Morgan fingerprint density at radius 3 is 2.86 bits per heavy atom. The maximum atomic E-state index is 12.1. The maximum absolute atomic E-state index is 12.1. The molecule has 0 spiro atoms. The van der Waals surface area contributed by atoms with E-state index in [1.165, 1.54) is 4.90 Å². The van der Waals surface area contributed by atoms with Gasteiger partial charge in [0, 0.05) is 48.9 Å². The molecule has 7 heteroatoms. The van der Waals surface area contributed by atoms with Crippen LogP contribution in [0.3, 0.4) is 0 Å². The summed E-state index contributed by atoms with van der Waals surface area (Å²) in [5.74, 6) is 6.16. The van der Waals surface area contributed by atoms with Gasteiger partial charge in [0.05, 0.1) is 0 Å². The standard InChI is InChI=1S/C21H19N5O2/c1-13-3-4-14(5-7-21(28)8-10-26(2)20(21)27)11-16(13)19-24-12-15-6-9-23-18(22)17(15)25-19/h3-4,6,9,11-12,28H,8,10H2,1-2H3,(H2,22,23)/t21-/m0/s1. The monoisotopic (exact) mass is 373 g/mol. The number of aromatic nitrogens is 3. The summed E-state index contributed by atoms with van der Waals surface area (Å²) < 4.78 is 0. The van der Waals surface area contributed by atoms with Crippen LogP contribution in [0.25, 0.3) is 22.3 Å². The normalized spacial score (nSPS) is 19.0. The number of rotatable bonds is 1. The van der Waals surface area contributed by atoms with E-state index in [1.807, 2.05) is 25.1 Å². The van der Waals surface area contributed by atoms with Gasteiger partial charge in [0.15, 0.2) is 5.82 Å². The molecule has 2 aromatic heterocycles. The second-order valence-corrected chi connectivity index (χ2v) is 6.94. The van der Waals surface area contributed by atoms with E-state index in [-0.39, 0.29) is 5.91 Å². The van der Waals surface area contributed by atoms with Gasteiger partial charge in [0.25, 0.3) is 5.91 Å². The largest absolute Gasteiger partial charge is 0.382 e. The van der Waals surface area contributed by atoms with E-state index in [0.29, 0.717) is 35.7 Å². The number of hydrogen-bond acceptors (Lipinski definition) is 6. The van der Waals surface area contributed by atoms with E-state index < -0.39 is 5.60 Å². The van der Waals surface area contributed by atoms with E-state index in [2.05, 4.69) is 26.8 Å². The molecule has 1 fully saturated rings. The molecule has 140 valence electrons. The number of amides is 1. The number of fused-ring (bicyclic) bond motifs is 1. The molecule has 0 bridgehead atoms. The van der Waals surface area contributed by atoms with Crippen molar-refractivity contribution in [3.63, 3.8) is 0 Å². The zero-order valence-corrected chi connectivity index (χ0v) is 15.6. The average molecular weight is 373 g/mol. The molecule has 3 aromatic rings. The summed E-state index contributed by atoms with van der Waals surface area (Å²) in [6.07, 6.45) is 3.63. The van der Waals surface area contributed by atoms with Crippen LogP contribution in [0.15, 0.2) is 36.7 Å². The van der Waals surface area contributed by atoms with Crippen LogP contribution in [0.2, 0.25) is 0 Å². The van der Waals surface area contributed by atoms with Crippen molar-refractivity contribution in [2.24, 2.45) is 0 Å². The minimum atomic E-state index is -1.63. The van der Waals surface area contributed by atoms with Gasteiger partial charge in [-0.15, -0.1) is 0 Å². The first-order chi connectivity index (χ1) is 13.4. The number of hydrogen-bond donors (Lipinski definition) is 2. The lowest BCUT2D eigenvalue weighted by molar-refractivity contribution is -0.137. The van der Waals surface area contributed by atoms with Gasteiger partial charge in [0.2, 0.25) is 5.60 Å². The van der Waals surface area contributed by atoms with Gasteiger partial charge in [-0.2, -0.15) is 0 Å². The first-order valence-electron chi connectivity index (χ1n) is 8.87. The molecule has 7 nitrogen and oxygen atoms in total. The summed E-state index contributed by atoms with van der Waals surface area (Å²) in [5.41, 5.74) is 7.35. The van der Waals surface area contributed by atoms with Crippen molar-refractivity contribution in [2.45, 2.75) is 18.9 Å². The first kappa shape index (κ1) is 17.9. The first-order valence-corrected chi connectivity index (χ1v) is 8.87. The molecule has 1 amide bonds. The number of benzene rings is 1. The highest BCUT2D eigenvalue weighted by Gasteiger charge is 2.42. The Bertz CT molecular complexity index is 1160. The summed E-state index contributed by atoms with van der Waals surface area (Å²) in [5, 5.41) is 11.3. The van der Waals surface area contributed by atoms with E-state index in [9.17, 15) is 9.90 Å². The van der Waals surface area contributed by atoms with Crippen molar-refractivity contribution < 1.29 is 9.90 Å². The molecule has 0 radical (unpaired) electrons. The topological polar surface area (TPSA) is 105 Å². The summed E-state index contributed by atoms with van der Waals surface area (Å²) in [7, 11) is 1.66. The predicted octanol–water partition coefficient (Wildman–Crippen LogP) is 1.53. The third-order valence-corrected chi connectivity index (χ3v) is 4.93. The molecule has 0 unspecified atom stereocenters. The van der Waals surface area contributed by atoms with Crippen molar-refractivity contribution in [2.75, 3.05) is 19.3 Å². The van der Waals surface area contributed by atoms with Crippen LogP contribution in [0.4, 0.5) is 5.82 Å². The fourth-order valence-corrected chi connectivity index (χ4v) is 3.19. The number of carbonyl (C=O) groups excluding carboxylic acids is 1. The molecular weight excluding hydrogens is 354 g/mol. The van der Waals surface area contributed by atoms with Crippen molar-refractivity contribution in [1.82, 2.24) is 19.9 Å². The fraction of sp³-hybridized carbons (Fsp3) is 0.238. The van der Waals surface area contributed by atoms with E-state index in [4.69, 9.17) is 5.73 Å². The lowest BCUT2D eigenvalue weighted by Gasteiger charge is -2.13. The van der Waals surface area contributed by atoms with Crippen LogP contribution in [0, 0.1) is 18.8 Å². The number of carbonyl (C=O) groups is 1. The molecule has 1 aliphatic rings. The van der Waals surface area contributed by atoms with Gasteiger partial charge in [-0.1, -0.05) is 17.9 Å². The lowest BCUT2D eigenvalue weighted by atomic mass is 10.0. The molecule has 0 aliphatic carbocycles. The molecule has 28 heavy (non-hydrogen) atoms. The molecule has 3 N–H and O–H groups in total. The van der Waals surface area contributed by atoms with Crippen molar-refractivity contribution >= 4 is 22.6 Å². The summed E-state index contributed by atoms with van der Waals surface area (Å²) >= 11 is 0. The van der Waals surface area contributed by atoms with Gasteiger partial charge < -0.3 is 15.7 Å². The minimum absolute atomic E-state index is 0.300. The number of anilines is 1. The summed E-state index contributed by atoms with van der Waals surface area (Å²) in [6, 6.07) is 7.41. The van der Waals surface area contributed by atoms with Gasteiger partial charge in [-0.25, -0.2) is 15.0 Å². The SMILES string of the molecule is Cc1ccc(C#C[C@]2(O)CCN(C)C2=O)cc1-c1ncc2ccnc(N)c2n1. The number of pyridine rings is 1. The van der Waals surface area contributed by atoms with Crippen LogP contribution in [0.5, 0.6) is 0 Å². The quantitative estimate of drug-likeness (QED) is 0.627. The second-order valence-electron chi connectivity index (χ2n) is 6.94. The van der Waals surface area contributed by atoms with Gasteiger partial charge >= 0.3 is 0 Å². The summed E-state index contributed by atoms with van der Waals surface area (Å²) in [6.45, 7) is 2.44. The number of nitrogens with two attached hydrogens (primary N) is 1. The number of aliphatic hydroxyl groups is 1. The Hall–Kier alpha value is -3.50. The summed E-state index contributed by atoms with van der Waals surface area (Å²) in [4.78, 5) is 26.6. The van der Waals surface area contributed by atoms with Crippen LogP contribution in [0.1, 0.15) is 17.5 Å². The molecular formula is C21H19N5O2. The number of nitrogen functional groups attached to an aromatic ring is 1. The van der Waals surface area contributed by atoms with E-state index >= 15 is 0 Å². The Kier molecular flexibility index (Phi) is 4.21. The second kappa shape index (κ2) is 6.59. The van der Waals surface area contributed by atoms with Gasteiger partial charge in [0.1, 0.15) is 11.3 Å². The third-order valence-electron chi connectivity index (χ3n) is 4.93. The molecule has 4 rings (SSSR count). The van der Waals surface area contributed by atoms with Gasteiger partial charge in [-0.05, 0) is 30.7 Å². The molecule has 1 saturated heterocycles. The van der Waals surface area contributed by atoms with E-state index in [1.54, 1.807) is 25.5 Å². The van der Waals surface area contributed by atoms with Crippen LogP contribution in [-0.4, -0.2) is 50.1 Å². The van der Waals surface area contributed by atoms with E-state index in [0.717, 1.165) is 16.5 Å². The third kappa shape index (κ3) is 3.04. The number of likely N-dealkylation sites (tertiary alicyclic amines) is 1. The maximum Gasteiger partial charge on any atom is 0.267 e. The fourth-order valence-electron chi connectivity index (χ4n) is 3.19. The van der Waals surface area contributed by atoms with Crippen molar-refractivity contribution in [3.8, 4) is 23.2 Å². The smallest absolute Gasteiger partial charge is 0.267 e. The Morgan fingerprint density at radius 2 is 2.11 bits per heavy atom. The zero-order chi connectivity index (χ0) is 19.9. The highest BCUT2D eigenvalue weighted by Crippen LogP contribution is 2.25. The lowest BCUT2D eigenvalue weighted by Crippen LogP contribution is -2.37. The molecule has 3 heterocycles. The van der Waals surface area contributed by atoms with Crippen molar-refractivity contribution in [3.05, 3.63) is 47.8 Å². The Morgan fingerprint density at radius 1 is 1.29 bits per heavy atom. The zero-order valence-electron chi connectivity index (χ0n) is 15.6. The molecule has 1 aromatic carbocycles. The molecule has 1 aliphatic heterocycles. The van der Waals surface area contributed by atoms with Crippen molar-refractivity contribution in [1.29, 1.82) is 0 Å². The highest BCUT2D eigenvalue weighted by molar-refractivity contribution is 5.90. The molecule has 0 saturated carbocycles. The minimum Gasteiger partial charge on any atom is -0.382 e.